The normalized spacial score (nSPS) is 14.8. The van der Waals surface area contributed by atoms with E-state index in [1.807, 2.05) is 0 Å². The number of methoxy groups -OCH3 is 2. The molecule has 48 heavy (non-hydrogen) atoms. The van der Waals surface area contributed by atoms with Gasteiger partial charge in [0, 0.05) is 10.8 Å². The van der Waals surface area contributed by atoms with Crippen LogP contribution in [0.3, 0.4) is 0 Å². The van der Waals surface area contributed by atoms with Crippen LogP contribution in [0.15, 0.2) is 121 Å². The quantitative estimate of drug-likeness (QED) is 0.182. The van der Waals surface area contributed by atoms with E-state index in [0.29, 0.717) is 0 Å². The molecular formula is C46H38O2. The molecule has 2 aliphatic rings. The highest BCUT2D eigenvalue weighted by molar-refractivity contribution is 6.23. The lowest BCUT2D eigenvalue weighted by atomic mass is 9.78. The average molecular weight is 623 g/mol. The Morgan fingerprint density at radius 2 is 0.729 bits per heavy atom. The molecule has 0 spiro atoms. The van der Waals surface area contributed by atoms with Gasteiger partial charge in [-0.3, -0.25) is 0 Å². The van der Waals surface area contributed by atoms with Crippen molar-refractivity contribution in [2.45, 2.75) is 38.5 Å². The van der Waals surface area contributed by atoms with E-state index in [2.05, 4.69) is 149 Å². The molecule has 0 heterocycles. The Morgan fingerprint density at radius 1 is 0.375 bits per heavy atom. The topological polar surface area (TPSA) is 18.5 Å². The Labute approximate surface area is 282 Å². The fourth-order valence-corrected chi connectivity index (χ4v) is 8.72. The molecule has 0 amide bonds. The van der Waals surface area contributed by atoms with E-state index in [-0.39, 0.29) is 10.8 Å². The van der Waals surface area contributed by atoms with E-state index >= 15 is 0 Å². The Kier molecular flexibility index (Phi) is 6.06. The SMILES string of the molecule is COc1ccc2c(c1)C(C)(C)c1cc3c(-c4ccccc4)c4cc5c(cc4c(-c4ccccc4)c3cc1-2)C(C)(C)c1cc(OC)ccc1-5. The zero-order valence-electron chi connectivity index (χ0n) is 28.4. The standard InChI is InChI=1S/C46H38O2/c1-45(2)39-21-29(47-5)17-19-31(39)33-23-35-37(25-41(33)45)43(27-13-9-7-10-14-27)36-24-34-32-20-18-30(48-6)22-40(32)46(3,4)42(34)26-38(36)44(35)28-15-11-8-12-16-28/h7-26H,1-6H3. The highest BCUT2D eigenvalue weighted by Crippen LogP contribution is 2.56. The zero-order chi connectivity index (χ0) is 32.9. The van der Waals surface area contributed by atoms with Crippen LogP contribution in [0.25, 0.3) is 66.1 Å². The van der Waals surface area contributed by atoms with Crippen LogP contribution in [0, 0.1) is 0 Å². The maximum Gasteiger partial charge on any atom is 0.119 e. The molecule has 7 aromatic rings. The minimum Gasteiger partial charge on any atom is -0.497 e. The summed E-state index contributed by atoms with van der Waals surface area (Å²) in [6, 6.07) is 45.1. The first-order valence-corrected chi connectivity index (χ1v) is 16.8. The minimum atomic E-state index is -0.177. The van der Waals surface area contributed by atoms with Gasteiger partial charge in [0.25, 0.3) is 0 Å². The van der Waals surface area contributed by atoms with Crippen LogP contribution in [0.5, 0.6) is 11.5 Å². The molecule has 0 unspecified atom stereocenters. The molecule has 234 valence electrons. The molecule has 0 fully saturated rings. The van der Waals surface area contributed by atoms with Gasteiger partial charge in [-0.1, -0.05) is 100 Å². The molecule has 0 aromatic heterocycles. The van der Waals surface area contributed by atoms with Crippen LogP contribution in [0.4, 0.5) is 0 Å². The first-order chi connectivity index (χ1) is 23.2. The summed E-state index contributed by atoms with van der Waals surface area (Å²) in [5.74, 6) is 1.80. The first kappa shape index (κ1) is 28.8. The van der Waals surface area contributed by atoms with Crippen molar-refractivity contribution < 1.29 is 9.47 Å². The van der Waals surface area contributed by atoms with Crippen molar-refractivity contribution >= 4 is 21.5 Å². The summed E-state index contributed by atoms with van der Waals surface area (Å²) >= 11 is 0. The van der Waals surface area contributed by atoms with Crippen molar-refractivity contribution in [1.29, 1.82) is 0 Å². The van der Waals surface area contributed by atoms with E-state index in [1.54, 1.807) is 14.2 Å². The van der Waals surface area contributed by atoms with Gasteiger partial charge in [-0.2, -0.15) is 0 Å². The summed E-state index contributed by atoms with van der Waals surface area (Å²) < 4.78 is 11.4. The molecule has 0 bridgehead atoms. The van der Waals surface area contributed by atoms with Crippen molar-refractivity contribution in [2.24, 2.45) is 0 Å². The Hall–Kier alpha value is -5.34. The molecule has 0 saturated heterocycles. The second-order valence-corrected chi connectivity index (χ2v) is 14.4. The Balaban J connectivity index is 1.48. The van der Waals surface area contributed by atoms with Gasteiger partial charge in [0.15, 0.2) is 0 Å². The summed E-state index contributed by atoms with van der Waals surface area (Å²) in [5.41, 5.74) is 15.2. The number of rotatable bonds is 4. The molecule has 2 nitrogen and oxygen atoms in total. The summed E-state index contributed by atoms with van der Waals surface area (Å²) in [7, 11) is 3.50. The fourth-order valence-electron chi connectivity index (χ4n) is 8.72. The zero-order valence-corrected chi connectivity index (χ0v) is 28.4. The Bertz CT molecular complexity index is 2280. The summed E-state index contributed by atoms with van der Waals surface area (Å²) in [4.78, 5) is 0. The predicted octanol–water partition coefficient (Wildman–Crippen LogP) is 12.0. The molecule has 9 rings (SSSR count). The summed E-state index contributed by atoms with van der Waals surface area (Å²) in [5, 5.41) is 5.12. The highest BCUT2D eigenvalue weighted by atomic mass is 16.5. The van der Waals surface area contributed by atoms with Gasteiger partial charge in [-0.05, 0) is 137 Å². The van der Waals surface area contributed by atoms with Gasteiger partial charge in [0.2, 0.25) is 0 Å². The Morgan fingerprint density at radius 3 is 1.10 bits per heavy atom. The number of fused-ring (bicyclic) bond motifs is 8. The van der Waals surface area contributed by atoms with E-state index in [4.69, 9.17) is 9.47 Å². The lowest BCUT2D eigenvalue weighted by molar-refractivity contribution is 0.413. The van der Waals surface area contributed by atoms with Crippen molar-refractivity contribution in [1.82, 2.24) is 0 Å². The van der Waals surface area contributed by atoms with Gasteiger partial charge in [-0.15, -0.1) is 0 Å². The van der Waals surface area contributed by atoms with E-state index in [1.165, 1.54) is 88.3 Å². The molecule has 0 N–H and O–H groups in total. The number of hydrogen-bond acceptors (Lipinski definition) is 2. The molecule has 0 radical (unpaired) electrons. The monoisotopic (exact) mass is 622 g/mol. The van der Waals surface area contributed by atoms with Crippen molar-refractivity contribution in [2.75, 3.05) is 14.2 Å². The molecular weight excluding hydrogens is 585 g/mol. The predicted molar refractivity (Wildman–Crippen MR) is 201 cm³/mol. The van der Waals surface area contributed by atoms with Gasteiger partial charge in [-0.25, -0.2) is 0 Å². The molecule has 0 saturated carbocycles. The molecule has 0 atom stereocenters. The van der Waals surface area contributed by atoms with Crippen molar-refractivity contribution in [3.63, 3.8) is 0 Å². The van der Waals surface area contributed by atoms with Crippen molar-refractivity contribution in [3.8, 4) is 56.0 Å². The smallest absolute Gasteiger partial charge is 0.119 e. The second kappa shape index (κ2) is 10.1. The fraction of sp³-hybridized carbons (Fsp3) is 0.174. The van der Waals surface area contributed by atoms with Gasteiger partial charge in [0.05, 0.1) is 14.2 Å². The van der Waals surface area contributed by atoms with Crippen LogP contribution in [0.2, 0.25) is 0 Å². The molecule has 2 heteroatoms. The first-order valence-electron chi connectivity index (χ1n) is 16.8. The maximum atomic E-state index is 5.70. The van der Waals surface area contributed by atoms with Gasteiger partial charge in [0.1, 0.15) is 11.5 Å². The summed E-state index contributed by atoms with van der Waals surface area (Å²) in [6.45, 7) is 9.41. The highest BCUT2D eigenvalue weighted by Gasteiger charge is 2.39. The third kappa shape index (κ3) is 3.86. The number of ether oxygens (including phenoxy) is 2. The lowest BCUT2D eigenvalue weighted by Gasteiger charge is -2.25. The number of benzene rings is 7. The lowest BCUT2D eigenvalue weighted by Crippen LogP contribution is -2.15. The van der Waals surface area contributed by atoms with Crippen LogP contribution >= 0.6 is 0 Å². The minimum absolute atomic E-state index is 0.177. The average Bonchev–Trinajstić information content (AvgIpc) is 3.47. The second-order valence-electron chi connectivity index (χ2n) is 14.4. The summed E-state index contributed by atoms with van der Waals surface area (Å²) in [6.07, 6.45) is 0. The maximum absolute atomic E-state index is 5.70. The largest absolute Gasteiger partial charge is 0.497 e. The van der Waals surface area contributed by atoms with Crippen LogP contribution < -0.4 is 9.47 Å². The van der Waals surface area contributed by atoms with E-state index in [9.17, 15) is 0 Å². The van der Waals surface area contributed by atoms with Crippen LogP contribution in [-0.4, -0.2) is 14.2 Å². The third-order valence-electron chi connectivity index (χ3n) is 11.2. The van der Waals surface area contributed by atoms with E-state index < -0.39 is 0 Å². The third-order valence-corrected chi connectivity index (χ3v) is 11.2. The van der Waals surface area contributed by atoms with Gasteiger partial charge >= 0.3 is 0 Å². The molecule has 0 aliphatic heterocycles. The molecule has 7 aromatic carbocycles. The van der Waals surface area contributed by atoms with Gasteiger partial charge < -0.3 is 9.47 Å². The molecule has 2 aliphatic carbocycles. The van der Waals surface area contributed by atoms with Crippen LogP contribution in [0.1, 0.15) is 49.9 Å². The van der Waals surface area contributed by atoms with E-state index in [0.717, 1.165) is 11.5 Å². The van der Waals surface area contributed by atoms with Crippen LogP contribution in [-0.2, 0) is 10.8 Å². The number of hydrogen-bond donors (Lipinski definition) is 0. The van der Waals surface area contributed by atoms with Crippen molar-refractivity contribution in [3.05, 3.63) is 144 Å².